The van der Waals surface area contributed by atoms with Crippen LogP contribution in [0.1, 0.15) is 13.8 Å². The monoisotopic (exact) mass is 295 g/mol. The lowest BCUT2D eigenvalue weighted by Crippen LogP contribution is -2.42. The van der Waals surface area contributed by atoms with Crippen molar-refractivity contribution in [2.45, 2.75) is 26.4 Å². The standard InChI is InChI=1S/C12H17N5O2S/c1-8(2)9(7-18)13-11(19)6-17-15-12(14-16-17)10-4-3-5-20-10/h3-5,8-9,18H,6-7H2,1-2H3,(H,13,19). The number of hydrogen-bond acceptors (Lipinski definition) is 6. The minimum absolute atomic E-state index is 0.0123. The van der Waals surface area contributed by atoms with Crippen LogP contribution in [0.3, 0.4) is 0 Å². The van der Waals surface area contributed by atoms with Gasteiger partial charge in [-0.2, -0.15) is 4.80 Å². The number of thiophene rings is 1. The van der Waals surface area contributed by atoms with E-state index in [0.29, 0.717) is 5.82 Å². The van der Waals surface area contributed by atoms with E-state index >= 15 is 0 Å². The Bertz CT molecular complexity index is 552. The lowest BCUT2D eigenvalue weighted by molar-refractivity contribution is -0.123. The SMILES string of the molecule is CC(C)C(CO)NC(=O)Cn1nnc(-c2cccs2)n1. The Morgan fingerprint density at radius 2 is 2.35 bits per heavy atom. The summed E-state index contributed by atoms with van der Waals surface area (Å²) in [7, 11) is 0. The molecule has 2 rings (SSSR count). The summed E-state index contributed by atoms with van der Waals surface area (Å²) in [6.45, 7) is 3.77. The van der Waals surface area contributed by atoms with Crippen molar-refractivity contribution in [2.24, 2.45) is 5.92 Å². The van der Waals surface area contributed by atoms with Gasteiger partial charge in [0.1, 0.15) is 6.54 Å². The van der Waals surface area contributed by atoms with Crippen molar-refractivity contribution in [3.8, 4) is 10.7 Å². The second kappa shape index (κ2) is 6.58. The number of carbonyl (C=O) groups excluding carboxylic acids is 1. The van der Waals surface area contributed by atoms with Crippen LogP contribution < -0.4 is 5.32 Å². The molecule has 1 unspecified atom stereocenters. The fourth-order valence-corrected chi connectivity index (χ4v) is 2.27. The fourth-order valence-electron chi connectivity index (χ4n) is 1.62. The summed E-state index contributed by atoms with van der Waals surface area (Å²) in [5, 5.41) is 25.8. The van der Waals surface area contributed by atoms with Crippen molar-refractivity contribution >= 4 is 17.2 Å². The smallest absolute Gasteiger partial charge is 0.243 e. The van der Waals surface area contributed by atoms with Crippen molar-refractivity contribution in [1.29, 1.82) is 0 Å². The van der Waals surface area contributed by atoms with Crippen LogP contribution in [0.25, 0.3) is 10.7 Å². The summed E-state index contributed by atoms with van der Waals surface area (Å²) >= 11 is 1.51. The number of nitrogens with zero attached hydrogens (tertiary/aromatic N) is 4. The van der Waals surface area contributed by atoms with Gasteiger partial charge in [0.2, 0.25) is 11.7 Å². The number of amides is 1. The molecule has 0 spiro atoms. The maximum absolute atomic E-state index is 11.8. The molecule has 0 aliphatic heterocycles. The van der Waals surface area contributed by atoms with Crippen molar-refractivity contribution in [2.75, 3.05) is 6.61 Å². The molecule has 2 heterocycles. The molecule has 0 aliphatic carbocycles. The van der Waals surface area contributed by atoms with Gasteiger partial charge >= 0.3 is 0 Å². The molecule has 2 aromatic rings. The van der Waals surface area contributed by atoms with Crippen LogP contribution in [0.2, 0.25) is 0 Å². The van der Waals surface area contributed by atoms with Crippen LogP contribution in [-0.4, -0.2) is 43.9 Å². The fraction of sp³-hybridized carbons (Fsp3) is 0.500. The number of hydrogen-bond donors (Lipinski definition) is 2. The molecule has 0 fully saturated rings. The van der Waals surface area contributed by atoms with Crippen molar-refractivity contribution in [3.05, 3.63) is 17.5 Å². The van der Waals surface area contributed by atoms with E-state index in [2.05, 4.69) is 20.7 Å². The molecule has 0 radical (unpaired) electrons. The third-order valence-electron chi connectivity index (χ3n) is 2.83. The van der Waals surface area contributed by atoms with Gasteiger partial charge in [-0.25, -0.2) is 0 Å². The zero-order valence-corrected chi connectivity index (χ0v) is 12.2. The normalized spacial score (nSPS) is 12.6. The van der Waals surface area contributed by atoms with E-state index in [-0.39, 0.29) is 31.0 Å². The number of aromatic nitrogens is 4. The highest BCUT2D eigenvalue weighted by Crippen LogP contribution is 2.19. The third-order valence-corrected chi connectivity index (χ3v) is 3.69. The van der Waals surface area contributed by atoms with Gasteiger partial charge in [0, 0.05) is 0 Å². The summed E-state index contributed by atoms with van der Waals surface area (Å²) in [6, 6.07) is 3.54. The number of aliphatic hydroxyl groups is 1. The summed E-state index contributed by atoms with van der Waals surface area (Å²) in [5.74, 6) is 0.428. The first-order valence-electron chi connectivity index (χ1n) is 6.32. The maximum Gasteiger partial charge on any atom is 0.243 e. The molecule has 1 atom stereocenters. The van der Waals surface area contributed by atoms with E-state index in [9.17, 15) is 9.90 Å². The predicted octanol–water partition coefficient (Wildman–Crippen LogP) is 0.535. The molecule has 7 nitrogen and oxygen atoms in total. The summed E-state index contributed by atoms with van der Waals surface area (Å²) in [4.78, 5) is 14.0. The average molecular weight is 295 g/mol. The Morgan fingerprint density at radius 1 is 1.55 bits per heavy atom. The van der Waals surface area contributed by atoms with Gasteiger partial charge < -0.3 is 10.4 Å². The zero-order valence-electron chi connectivity index (χ0n) is 11.4. The molecule has 0 aliphatic rings. The Hall–Kier alpha value is -1.80. The maximum atomic E-state index is 11.8. The lowest BCUT2D eigenvalue weighted by atomic mass is 10.1. The van der Waals surface area contributed by atoms with Crippen molar-refractivity contribution < 1.29 is 9.90 Å². The first-order valence-corrected chi connectivity index (χ1v) is 7.20. The third kappa shape index (κ3) is 3.61. The van der Waals surface area contributed by atoms with E-state index in [1.807, 2.05) is 31.4 Å². The van der Waals surface area contributed by atoms with E-state index in [1.54, 1.807) is 0 Å². The molecule has 8 heteroatoms. The highest BCUT2D eigenvalue weighted by Gasteiger charge is 2.16. The number of nitrogens with one attached hydrogen (secondary N) is 1. The Labute approximate surface area is 120 Å². The molecular formula is C12H17N5O2S. The second-order valence-electron chi connectivity index (χ2n) is 4.72. The predicted molar refractivity (Wildman–Crippen MR) is 75.0 cm³/mol. The highest BCUT2D eigenvalue weighted by atomic mass is 32.1. The Morgan fingerprint density at radius 3 is 2.95 bits per heavy atom. The van der Waals surface area contributed by atoms with E-state index in [0.717, 1.165) is 4.88 Å². The first kappa shape index (κ1) is 14.6. The zero-order chi connectivity index (χ0) is 14.5. The van der Waals surface area contributed by atoms with Gasteiger partial charge in [-0.3, -0.25) is 4.79 Å². The van der Waals surface area contributed by atoms with Crippen LogP contribution in [0.4, 0.5) is 0 Å². The van der Waals surface area contributed by atoms with Gasteiger partial charge in [-0.05, 0) is 22.6 Å². The number of carbonyl (C=O) groups is 1. The highest BCUT2D eigenvalue weighted by molar-refractivity contribution is 7.13. The summed E-state index contributed by atoms with van der Waals surface area (Å²) in [6.07, 6.45) is 0. The van der Waals surface area contributed by atoms with E-state index in [4.69, 9.17) is 0 Å². The van der Waals surface area contributed by atoms with E-state index < -0.39 is 0 Å². The molecule has 1 amide bonds. The summed E-state index contributed by atoms with van der Waals surface area (Å²) < 4.78 is 0. The second-order valence-corrected chi connectivity index (χ2v) is 5.67. The van der Waals surface area contributed by atoms with Crippen LogP contribution in [0, 0.1) is 5.92 Å². The average Bonchev–Trinajstić information content (AvgIpc) is 3.05. The Balaban J connectivity index is 1.95. The van der Waals surface area contributed by atoms with Crippen molar-refractivity contribution in [3.63, 3.8) is 0 Å². The minimum Gasteiger partial charge on any atom is -0.394 e. The van der Waals surface area contributed by atoms with Crippen LogP contribution in [0.5, 0.6) is 0 Å². The van der Waals surface area contributed by atoms with Crippen LogP contribution >= 0.6 is 11.3 Å². The van der Waals surface area contributed by atoms with Gasteiger partial charge in [0.15, 0.2) is 0 Å². The number of tetrazole rings is 1. The van der Waals surface area contributed by atoms with Gasteiger partial charge in [-0.15, -0.1) is 21.5 Å². The minimum atomic E-state index is -0.261. The van der Waals surface area contributed by atoms with E-state index in [1.165, 1.54) is 16.1 Å². The lowest BCUT2D eigenvalue weighted by Gasteiger charge is -2.19. The molecular weight excluding hydrogens is 278 g/mol. The molecule has 2 aromatic heterocycles. The quantitative estimate of drug-likeness (QED) is 0.811. The topological polar surface area (TPSA) is 92.9 Å². The molecule has 0 saturated heterocycles. The molecule has 0 aromatic carbocycles. The van der Waals surface area contributed by atoms with Gasteiger partial charge in [0.05, 0.1) is 17.5 Å². The number of aliphatic hydroxyl groups excluding tert-OH is 1. The molecule has 2 N–H and O–H groups in total. The van der Waals surface area contributed by atoms with Crippen LogP contribution in [-0.2, 0) is 11.3 Å². The number of rotatable bonds is 6. The molecule has 0 saturated carbocycles. The van der Waals surface area contributed by atoms with Crippen LogP contribution in [0.15, 0.2) is 17.5 Å². The Kier molecular flexibility index (Phi) is 4.80. The van der Waals surface area contributed by atoms with Gasteiger partial charge in [-0.1, -0.05) is 19.9 Å². The largest absolute Gasteiger partial charge is 0.394 e. The summed E-state index contributed by atoms with van der Waals surface area (Å²) in [5.41, 5.74) is 0. The van der Waals surface area contributed by atoms with Gasteiger partial charge in [0.25, 0.3) is 0 Å². The molecule has 0 bridgehead atoms. The first-order chi connectivity index (χ1) is 9.60. The molecule has 20 heavy (non-hydrogen) atoms. The molecule has 108 valence electrons. The van der Waals surface area contributed by atoms with Crippen molar-refractivity contribution in [1.82, 2.24) is 25.5 Å².